The molecule has 10 heteroatoms. The standard InChI is InChI=1S/C13H20F2O6P2/c1-4-19-23(17,20-5-2)13(14,15)22(16,18-3)21-11-12-9-7-6-8-10-12/h6-10H,4-5,11H2,1-3H3. The van der Waals surface area contributed by atoms with Crippen LogP contribution in [0.5, 0.6) is 0 Å². The van der Waals surface area contributed by atoms with E-state index in [9.17, 15) is 17.9 Å². The SMILES string of the molecule is CCOP(=O)(OCC)C(F)(F)P(=O)(OC)OCc1ccccc1. The minimum absolute atomic E-state index is 0.310. The fourth-order valence-corrected chi connectivity index (χ4v) is 5.49. The van der Waals surface area contributed by atoms with Crippen molar-refractivity contribution in [3.8, 4) is 0 Å². The Morgan fingerprint density at radius 1 is 0.957 bits per heavy atom. The zero-order chi connectivity index (χ0) is 17.6. The van der Waals surface area contributed by atoms with Crippen LogP contribution in [0.15, 0.2) is 30.3 Å². The lowest BCUT2D eigenvalue weighted by molar-refractivity contribution is 0.0640. The quantitative estimate of drug-likeness (QED) is 0.547. The Bertz CT molecular complexity index is 571. The molecule has 0 bridgehead atoms. The molecule has 0 radical (unpaired) electrons. The Morgan fingerprint density at radius 3 is 1.91 bits per heavy atom. The first-order valence-electron chi connectivity index (χ1n) is 6.87. The lowest BCUT2D eigenvalue weighted by Crippen LogP contribution is -2.23. The average Bonchev–Trinajstić information content (AvgIpc) is 2.53. The Balaban J connectivity index is 3.07. The van der Waals surface area contributed by atoms with E-state index in [-0.39, 0.29) is 13.2 Å². The van der Waals surface area contributed by atoms with Crippen LogP contribution < -0.4 is 0 Å². The van der Waals surface area contributed by atoms with Crippen molar-refractivity contribution in [1.29, 1.82) is 0 Å². The summed E-state index contributed by atoms with van der Waals surface area (Å²) in [5, 5.41) is -4.43. The molecule has 1 rings (SSSR count). The number of benzene rings is 1. The molecule has 1 aromatic rings. The molecule has 0 saturated heterocycles. The van der Waals surface area contributed by atoms with Crippen molar-refractivity contribution in [2.45, 2.75) is 25.9 Å². The van der Waals surface area contributed by atoms with Gasteiger partial charge in [-0.1, -0.05) is 30.3 Å². The molecule has 0 heterocycles. The van der Waals surface area contributed by atoms with E-state index in [0.29, 0.717) is 5.56 Å². The first-order chi connectivity index (χ1) is 10.8. The van der Waals surface area contributed by atoms with E-state index in [0.717, 1.165) is 7.11 Å². The van der Waals surface area contributed by atoms with Crippen LogP contribution in [0.2, 0.25) is 0 Å². The van der Waals surface area contributed by atoms with E-state index in [1.807, 2.05) is 0 Å². The van der Waals surface area contributed by atoms with Crippen LogP contribution in [0.4, 0.5) is 8.78 Å². The fourth-order valence-electron chi connectivity index (χ4n) is 1.66. The highest BCUT2D eigenvalue weighted by Crippen LogP contribution is 2.79. The summed E-state index contributed by atoms with van der Waals surface area (Å²) in [6, 6.07) is 8.26. The van der Waals surface area contributed by atoms with Crippen molar-refractivity contribution in [3.63, 3.8) is 0 Å². The van der Waals surface area contributed by atoms with Gasteiger partial charge in [0, 0.05) is 7.11 Å². The summed E-state index contributed by atoms with van der Waals surface area (Å²) < 4.78 is 72.3. The smallest absolute Gasteiger partial charge is 0.307 e. The summed E-state index contributed by atoms with van der Waals surface area (Å²) in [6.45, 7) is 1.71. The molecule has 132 valence electrons. The van der Waals surface area contributed by atoms with Gasteiger partial charge in [-0.25, -0.2) is 0 Å². The topological polar surface area (TPSA) is 71.1 Å². The molecule has 0 fully saturated rings. The van der Waals surface area contributed by atoms with Gasteiger partial charge in [0.2, 0.25) is 0 Å². The summed E-state index contributed by atoms with van der Waals surface area (Å²) in [4.78, 5) is 0. The lowest BCUT2D eigenvalue weighted by Gasteiger charge is -2.30. The first-order valence-corrected chi connectivity index (χ1v) is 9.96. The second-order valence-corrected chi connectivity index (χ2v) is 8.89. The average molecular weight is 372 g/mol. The van der Waals surface area contributed by atoms with Crippen LogP contribution >= 0.6 is 15.2 Å². The molecule has 0 N–H and O–H groups in total. The molecule has 0 aromatic heterocycles. The normalized spacial score (nSPS) is 15.3. The molecule has 1 atom stereocenters. The molecule has 23 heavy (non-hydrogen) atoms. The van der Waals surface area contributed by atoms with Crippen LogP contribution in [0.1, 0.15) is 19.4 Å². The van der Waals surface area contributed by atoms with Gasteiger partial charge in [0.05, 0.1) is 19.8 Å². The number of halogens is 2. The van der Waals surface area contributed by atoms with Crippen LogP contribution in [0.25, 0.3) is 0 Å². The summed E-state index contributed by atoms with van der Waals surface area (Å²) in [5.74, 6) is 0. The van der Waals surface area contributed by atoms with Crippen molar-refractivity contribution in [1.82, 2.24) is 0 Å². The molecule has 0 saturated carbocycles. The largest absolute Gasteiger partial charge is 0.444 e. The molecule has 6 nitrogen and oxygen atoms in total. The van der Waals surface area contributed by atoms with Gasteiger partial charge in [0.25, 0.3) is 0 Å². The summed E-state index contributed by atoms with van der Waals surface area (Å²) in [6.07, 6.45) is 0. The molecule has 0 aliphatic rings. The van der Waals surface area contributed by atoms with Crippen molar-refractivity contribution < 1.29 is 36.0 Å². The fraction of sp³-hybridized carbons (Fsp3) is 0.538. The van der Waals surface area contributed by atoms with E-state index < -0.39 is 27.2 Å². The molecule has 0 aliphatic heterocycles. The monoisotopic (exact) mass is 372 g/mol. The molecular weight excluding hydrogens is 352 g/mol. The van der Waals surface area contributed by atoms with Gasteiger partial charge in [-0.2, -0.15) is 8.78 Å². The highest BCUT2D eigenvalue weighted by molar-refractivity contribution is 7.73. The van der Waals surface area contributed by atoms with Gasteiger partial charge in [0.1, 0.15) is 0 Å². The zero-order valence-electron chi connectivity index (χ0n) is 13.1. The zero-order valence-corrected chi connectivity index (χ0v) is 14.9. The molecule has 0 spiro atoms. The van der Waals surface area contributed by atoms with Crippen LogP contribution in [0, 0.1) is 0 Å². The minimum atomic E-state index is -5.10. The van der Waals surface area contributed by atoms with Crippen molar-refractivity contribution in [2.24, 2.45) is 0 Å². The third-order valence-electron chi connectivity index (χ3n) is 2.74. The summed E-state index contributed by atoms with van der Waals surface area (Å²) in [7, 11) is -9.33. The van der Waals surface area contributed by atoms with E-state index >= 15 is 0 Å². The Kier molecular flexibility index (Phi) is 7.52. The van der Waals surface area contributed by atoms with Crippen molar-refractivity contribution in [3.05, 3.63) is 35.9 Å². The van der Waals surface area contributed by atoms with E-state index in [4.69, 9.17) is 4.52 Å². The van der Waals surface area contributed by atoms with Gasteiger partial charge in [0.15, 0.2) is 0 Å². The number of hydrogen-bond donors (Lipinski definition) is 0. The highest BCUT2D eigenvalue weighted by atomic mass is 31.2. The maximum Gasteiger partial charge on any atom is 0.444 e. The highest BCUT2D eigenvalue weighted by Gasteiger charge is 2.68. The van der Waals surface area contributed by atoms with Gasteiger partial charge < -0.3 is 13.6 Å². The molecule has 0 amide bonds. The van der Waals surface area contributed by atoms with Crippen molar-refractivity contribution >= 4 is 15.2 Å². The molecule has 1 aromatic carbocycles. The van der Waals surface area contributed by atoms with Gasteiger partial charge in [-0.05, 0) is 19.4 Å². The summed E-state index contributed by atoms with van der Waals surface area (Å²) in [5.41, 5.74) is 0.503. The second kappa shape index (κ2) is 8.47. The molecular formula is C13H20F2O6P2. The molecule has 0 aliphatic carbocycles. The van der Waals surface area contributed by atoms with Crippen LogP contribution in [0.3, 0.4) is 0 Å². The van der Waals surface area contributed by atoms with Gasteiger partial charge in [-0.3, -0.25) is 13.7 Å². The molecule has 1 unspecified atom stereocenters. The summed E-state index contributed by atoms with van der Waals surface area (Å²) >= 11 is 0. The van der Waals surface area contributed by atoms with E-state index in [1.165, 1.54) is 13.8 Å². The lowest BCUT2D eigenvalue weighted by atomic mass is 10.2. The van der Waals surface area contributed by atoms with Crippen LogP contribution in [-0.2, 0) is 33.8 Å². The Labute approximate surface area is 134 Å². The van der Waals surface area contributed by atoms with E-state index in [2.05, 4.69) is 13.6 Å². The minimum Gasteiger partial charge on any atom is -0.307 e. The van der Waals surface area contributed by atoms with Crippen LogP contribution in [-0.4, -0.2) is 25.7 Å². The predicted molar refractivity (Wildman–Crippen MR) is 81.7 cm³/mol. The maximum atomic E-state index is 14.6. The number of alkyl halides is 2. The number of rotatable bonds is 10. The van der Waals surface area contributed by atoms with Crippen molar-refractivity contribution in [2.75, 3.05) is 20.3 Å². The Hall–Kier alpha value is -0.620. The third kappa shape index (κ3) is 4.47. The third-order valence-corrected chi connectivity index (χ3v) is 7.68. The second-order valence-electron chi connectivity index (χ2n) is 4.28. The Morgan fingerprint density at radius 2 is 1.48 bits per heavy atom. The predicted octanol–water partition coefficient (Wildman–Crippen LogP) is 4.86. The first kappa shape index (κ1) is 20.4. The van der Waals surface area contributed by atoms with Gasteiger partial charge in [-0.15, -0.1) is 0 Å². The van der Waals surface area contributed by atoms with Gasteiger partial charge >= 0.3 is 20.6 Å². The maximum absolute atomic E-state index is 14.6. The number of hydrogen-bond acceptors (Lipinski definition) is 6. The van der Waals surface area contributed by atoms with E-state index in [1.54, 1.807) is 30.3 Å².